The first-order valence-corrected chi connectivity index (χ1v) is 6.54. The number of rotatable bonds is 4. The quantitative estimate of drug-likeness (QED) is 0.790. The van der Waals surface area contributed by atoms with Crippen LogP contribution in [0.2, 0.25) is 0 Å². The Morgan fingerprint density at radius 3 is 2.28 bits per heavy atom. The van der Waals surface area contributed by atoms with Crippen molar-refractivity contribution >= 4 is 11.9 Å². The number of hydrogen-bond acceptors (Lipinski definition) is 3. The lowest BCUT2D eigenvalue weighted by atomic mass is 9.94. The summed E-state index contributed by atoms with van der Waals surface area (Å²) in [6.07, 6.45) is 1.82. The summed E-state index contributed by atoms with van der Waals surface area (Å²) < 4.78 is 0. The Kier molecular flexibility index (Phi) is 5.14. The van der Waals surface area contributed by atoms with Gasteiger partial charge in [0.15, 0.2) is 0 Å². The normalized spacial score (nSPS) is 18.6. The summed E-state index contributed by atoms with van der Waals surface area (Å²) in [5.74, 6) is -0.562. The predicted molar refractivity (Wildman–Crippen MR) is 69.3 cm³/mol. The van der Waals surface area contributed by atoms with Crippen molar-refractivity contribution in [2.24, 2.45) is 5.92 Å². The topological polar surface area (TPSA) is 69.6 Å². The maximum absolute atomic E-state index is 12.0. The first kappa shape index (κ1) is 15.0. The van der Waals surface area contributed by atoms with Crippen LogP contribution in [0.5, 0.6) is 0 Å². The second kappa shape index (κ2) is 6.18. The van der Waals surface area contributed by atoms with E-state index in [1.165, 1.54) is 0 Å². The summed E-state index contributed by atoms with van der Waals surface area (Å²) in [6.45, 7) is 8.15. The van der Waals surface area contributed by atoms with E-state index in [0.717, 1.165) is 25.9 Å². The van der Waals surface area contributed by atoms with E-state index in [1.54, 1.807) is 0 Å². The lowest BCUT2D eigenvalue weighted by Crippen LogP contribution is -2.47. The van der Waals surface area contributed by atoms with Crippen LogP contribution in [-0.4, -0.2) is 47.1 Å². The molecule has 0 aromatic rings. The van der Waals surface area contributed by atoms with E-state index in [9.17, 15) is 9.59 Å². The van der Waals surface area contributed by atoms with Gasteiger partial charge in [-0.05, 0) is 46.7 Å². The maximum atomic E-state index is 12.0. The number of carboxylic acid groups (broad SMARTS) is 1. The number of nitrogens with one attached hydrogen (secondary N) is 1. The lowest BCUT2D eigenvalue weighted by Gasteiger charge is -2.32. The molecule has 0 radical (unpaired) electrons. The molecule has 0 aliphatic carbocycles. The summed E-state index contributed by atoms with van der Waals surface area (Å²) in [5.41, 5.74) is -0.183. The smallest absolute Gasteiger partial charge is 0.304 e. The molecule has 104 valence electrons. The fourth-order valence-corrected chi connectivity index (χ4v) is 2.14. The summed E-state index contributed by atoms with van der Waals surface area (Å²) in [4.78, 5) is 24.6. The second-order valence-corrected chi connectivity index (χ2v) is 6.00. The van der Waals surface area contributed by atoms with E-state index in [4.69, 9.17) is 5.11 Å². The highest BCUT2D eigenvalue weighted by molar-refractivity contribution is 5.79. The van der Waals surface area contributed by atoms with Crippen LogP contribution in [0.25, 0.3) is 0 Å². The molecule has 0 unspecified atom stereocenters. The van der Waals surface area contributed by atoms with Crippen LogP contribution in [0.3, 0.4) is 0 Å². The molecular weight excluding hydrogens is 232 g/mol. The fourth-order valence-electron chi connectivity index (χ4n) is 2.14. The van der Waals surface area contributed by atoms with Gasteiger partial charge < -0.3 is 15.3 Å². The molecule has 5 heteroatoms. The van der Waals surface area contributed by atoms with E-state index >= 15 is 0 Å². The molecule has 18 heavy (non-hydrogen) atoms. The van der Waals surface area contributed by atoms with Gasteiger partial charge in [-0.1, -0.05) is 0 Å². The number of nitrogens with zero attached hydrogens (tertiary/aromatic N) is 1. The Balaban J connectivity index is 2.30. The summed E-state index contributed by atoms with van der Waals surface area (Å²) in [5, 5.41) is 11.6. The molecule has 1 heterocycles. The Morgan fingerprint density at radius 1 is 1.28 bits per heavy atom. The molecule has 1 aliphatic rings. The summed E-state index contributed by atoms with van der Waals surface area (Å²) in [6, 6.07) is 0. The molecule has 1 rings (SSSR count). The van der Waals surface area contributed by atoms with Crippen molar-refractivity contribution in [1.29, 1.82) is 0 Å². The highest BCUT2D eigenvalue weighted by Crippen LogP contribution is 2.18. The highest BCUT2D eigenvalue weighted by Gasteiger charge is 2.27. The van der Waals surface area contributed by atoms with Gasteiger partial charge >= 0.3 is 5.97 Å². The van der Waals surface area contributed by atoms with E-state index in [0.29, 0.717) is 6.54 Å². The zero-order valence-corrected chi connectivity index (χ0v) is 11.5. The van der Waals surface area contributed by atoms with Crippen LogP contribution in [0.4, 0.5) is 0 Å². The van der Waals surface area contributed by atoms with Crippen molar-refractivity contribution in [3.63, 3.8) is 0 Å². The SMILES string of the molecule is CC(C)(C)NC(=O)C1CCN(CCC(=O)O)CC1. The van der Waals surface area contributed by atoms with E-state index in [1.807, 2.05) is 20.8 Å². The highest BCUT2D eigenvalue weighted by atomic mass is 16.4. The maximum Gasteiger partial charge on any atom is 0.304 e. The number of carboxylic acids is 1. The van der Waals surface area contributed by atoms with Gasteiger partial charge in [0.1, 0.15) is 0 Å². The monoisotopic (exact) mass is 256 g/mol. The van der Waals surface area contributed by atoms with Crippen LogP contribution in [0.15, 0.2) is 0 Å². The van der Waals surface area contributed by atoms with Crippen LogP contribution in [0.1, 0.15) is 40.0 Å². The molecule has 1 amide bonds. The van der Waals surface area contributed by atoms with Gasteiger partial charge in [-0.25, -0.2) is 0 Å². The lowest BCUT2D eigenvalue weighted by molar-refractivity contribution is -0.137. The third-order valence-corrected chi connectivity index (χ3v) is 3.10. The number of hydrogen-bond donors (Lipinski definition) is 2. The molecule has 0 aromatic heterocycles. The molecular formula is C13H24N2O3. The van der Waals surface area contributed by atoms with Crippen molar-refractivity contribution in [2.45, 2.75) is 45.6 Å². The van der Waals surface area contributed by atoms with Gasteiger partial charge in [-0.15, -0.1) is 0 Å². The summed E-state index contributed by atoms with van der Waals surface area (Å²) >= 11 is 0. The van der Waals surface area contributed by atoms with Gasteiger partial charge in [0.05, 0.1) is 6.42 Å². The number of likely N-dealkylation sites (tertiary alicyclic amines) is 1. The number of piperidine rings is 1. The molecule has 5 nitrogen and oxygen atoms in total. The minimum atomic E-state index is -0.761. The molecule has 0 bridgehead atoms. The molecule has 0 atom stereocenters. The minimum Gasteiger partial charge on any atom is -0.481 e. The first-order chi connectivity index (χ1) is 8.28. The Hall–Kier alpha value is -1.10. The third kappa shape index (κ3) is 5.49. The Labute approximate surface area is 109 Å². The zero-order chi connectivity index (χ0) is 13.8. The van der Waals surface area contributed by atoms with Crippen molar-refractivity contribution in [3.8, 4) is 0 Å². The largest absolute Gasteiger partial charge is 0.481 e. The van der Waals surface area contributed by atoms with Gasteiger partial charge in [-0.2, -0.15) is 0 Å². The van der Waals surface area contributed by atoms with E-state index < -0.39 is 5.97 Å². The second-order valence-electron chi connectivity index (χ2n) is 6.00. The van der Waals surface area contributed by atoms with Crippen molar-refractivity contribution < 1.29 is 14.7 Å². The van der Waals surface area contributed by atoms with Crippen LogP contribution in [0, 0.1) is 5.92 Å². The van der Waals surface area contributed by atoms with Crippen LogP contribution in [-0.2, 0) is 9.59 Å². The molecule has 0 aromatic carbocycles. The van der Waals surface area contributed by atoms with Crippen molar-refractivity contribution in [1.82, 2.24) is 10.2 Å². The number of carbonyl (C=O) groups excluding carboxylic acids is 1. The predicted octanol–water partition coefficient (Wildman–Crippen LogP) is 1.09. The summed E-state index contributed by atoms with van der Waals surface area (Å²) in [7, 11) is 0. The average molecular weight is 256 g/mol. The number of amides is 1. The van der Waals surface area contributed by atoms with Crippen molar-refractivity contribution in [2.75, 3.05) is 19.6 Å². The van der Waals surface area contributed by atoms with Gasteiger partial charge in [0.2, 0.25) is 5.91 Å². The van der Waals surface area contributed by atoms with E-state index in [2.05, 4.69) is 10.2 Å². The minimum absolute atomic E-state index is 0.0744. The van der Waals surface area contributed by atoms with Crippen molar-refractivity contribution in [3.05, 3.63) is 0 Å². The molecule has 2 N–H and O–H groups in total. The zero-order valence-electron chi connectivity index (χ0n) is 11.5. The molecule has 1 saturated heterocycles. The third-order valence-electron chi connectivity index (χ3n) is 3.10. The molecule has 0 spiro atoms. The van der Waals surface area contributed by atoms with Crippen LogP contribution >= 0.6 is 0 Å². The van der Waals surface area contributed by atoms with Gasteiger partial charge in [-0.3, -0.25) is 9.59 Å². The van der Waals surface area contributed by atoms with Gasteiger partial charge in [0, 0.05) is 18.0 Å². The van der Waals surface area contributed by atoms with Crippen LogP contribution < -0.4 is 5.32 Å². The van der Waals surface area contributed by atoms with Gasteiger partial charge in [0.25, 0.3) is 0 Å². The molecule has 0 saturated carbocycles. The Morgan fingerprint density at radius 2 is 1.83 bits per heavy atom. The number of carbonyl (C=O) groups is 2. The first-order valence-electron chi connectivity index (χ1n) is 6.54. The molecule has 1 aliphatic heterocycles. The average Bonchev–Trinajstić information content (AvgIpc) is 2.24. The number of aliphatic carboxylic acids is 1. The molecule has 1 fully saturated rings. The Bertz CT molecular complexity index is 302. The van der Waals surface area contributed by atoms with E-state index in [-0.39, 0.29) is 23.8 Å². The standard InChI is InChI=1S/C13H24N2O3/c1-13(2,3)14-12(18)10-4-7-15(8-5-10)9-6-11(16)17/h10H,4-9H2,1-3H3,(H,14,18)(H,16,17). The fraction of sp³-hybridized carbons (Fsp3) is 0.846.